The van der Waals surface area contributed by atoms with Crippen molar-refractivity contribution in [1.82, 2.24) is 30.4 Å². The maximum atomic E-state index is 11.9. The van der Waals surface area contributed by atoms with E-state index in [1.165, 1.54) is 49.7 Å². The van der Waals surface area contributed by atoms with Crippen LogP contribution in [0.1, 0.15) is 37.7 Å². The third kappa shape index (κ3) is 7.66. The lowest BCUT2D eigenvalue weighted by molar-refractivity contribution is -0.120. The molecule has 1 amide bonds. The van der Waals surface area contributed by atoms with Gasteiger partial charge in [0.15, 0.2) is 0 Å². The SMILES string of the molecule is Cn1nnnc1SCCC(=O)NCCCOc1cccc(CN2CCCCC2)c1. The van der Waals surface area contributed by atoms with E-state index < -0.39 is 0 Å². The number of nitrogens with zero attached hydrogens (tertiary/aromatic N) is 5. The van der Waals surface area contributed by atoms with Gasteiger partial charge in [0.25, 0.3) is 0 Å². The second-order valence-corrected chi connectivity index (χ2v) is 8.28. The molecule has 2 heterocycles. The van der Waals surface area contributed by atoms with Crippen molar-refractivity contribution >= 4 is 17.7 Å². The lowest BCUT2D eigenvalue weighted by Crippen LogP contribution is -2.29. The number of carbonyl (C=O) groups is 1. The van der Waals surface area contributed by atoms with Gasteiger partial charge in [-0.1, -0.05) is 30.3 Å². The van der Waals surface area contributed by atoms with Crippen LogP contribution in [0.5, 0.6) is 5.75 Å². The van der Waals surface area contributed by atoms with Crippen LogP contribution in [-0.2, 0) is 18.4 Å². The molecular formula is C20H30N6O2S. The Hall–Kier alpha value is -2.13. The second-order valence-electron chi connectivity index (χ2n) is 7.22. The number of thioether (sulfide) groups is 1. The molecule has 8 nitrogen and oxygen atoms in total. The fraction of sp³-hybridized carbons (Fsp3) is 0.600. The maximum Gasteiger partial charge on any atom is 0.220 e. The van der Waals surface area contributed by atoms with E-state index in [9.17, 15) is 4.79 Å². The molecule has 0 bridgehead atoms. The summed E-state index contributed by atoms with van der Waals surface area (Å²) in [6.07, 6.45) is 5.18. The Bertz CT molecular complexity index is 763. The smallest absolute Gasteiger partial charge is 0.220 e. The van der Waals surface area contributed by atoms with Crippen molar-refractivity contribution in [1.29, 1.82) is 0 Å². The summed E-state index contributed by atoms with van der Waals surface area (Å²) in [6, 6.07) is 8.35. The first-order valence-corrected chi connectivity index (χ1v) is 11.3. The Morgan fingerprint density at radius 3 is 2.93 bits per heavy atom. The molecule has 0 radical (unpaired) electrons. The molecule has 0 aliphatic carbocycles. The molecule has 158 valence electrons. The molecule has 9 heteroatoms. The fourth-order valence-corrected chi connectivity index (χ4v) is 4.05. The zero-order valence-corrected chi connectivity index (χ0v) is 17.9. The van der Waals surface area contributed by atoms with Crippen molar-refractivity contribution in [2.45, 2.75) is 43.8 Å². The van der Waals surface area contributed by atoms with E-state index in [4.69, 9.17) is 4.74 Å². The quantitative estimate of drug-likeness (QED) is 0.442. The van der Waals surface area contributed by atoms with Crippen molar-refractivity contribution in [3.05, 3.63) is 29.8 Å². The summed E-state index contributed by atoms with van der Waals surface area (Å²) in [5, 5.41) is 14.9. The van der Waals surface area contributed by atoms with Gasteiger partial charge >= 0.3 is 0 Å². The highest BCUT2D eigenvalue weighted by molar-refractivity contribution is 7.99. The van der Waals surface area contributed by atoms with Crippen molar-refractivity contribution in [3.63, 3.8) is 0 Å². The van der Waals surface area contributed by atoms with Crippen LogP contribution in [0.15, 0.2) is 29.4 Å². The first-order valence-electron chi connectivity index (χ1n) is 10.3. The zero-order valence-electron chi connectivity index (χ0n) is 17.0. The predicted molar refractivity (Wildman–Crippen MR) is 113 cm³/mol. The van der Waals surface area contributed by atoms with Gasteiger partial charge in [0.05, 0.1) is 6.61 Å². The summed E-state index contributed by atoms with van der Waals surface area (Å²) < 4.78 is 7.46. The average Bonchev–Trinajstić information content (AvgIpc) is 3.14. The van der Waals surface area contributed by atoms with E-state index in [1.54, 1.807) is 11.7 Å². The largest absolute Gasteiger partial charge is 0.494 e. The molecule has 1 N–H and O–H groups in total. The summed E-state index contributed by atoms with van der Waals surface area (Å²) in [6.45, 7) is 4.59. The highest BCUT2D eigenvalue weighted by Crippen LogP contribution is 2.18. The van der Waals surface area contributed by atoms with E-state index >= 15 is 0 Å². The Morgan fingerprint density at radius 2 is 2.14 bits per heavy atom. The Labute approximate surface area is 176 Å². The van der Waals surface area contributed by atoms with Crippen molar-refractivity contribution < 1.29 is 9.53 Å². The molecule has 3 rings (SSSR count). The Balaban J connectivity index is 1.26. The second kappa shape index (κ2) is 11.8. The predicted octanol–water partition coefficient (Wildman–Crippen LogP) is 2.26. The number of carbonyl (C=O) groups excluding carboxylic acids is 1. The summed E-state index contributed by atoms with van der Waals surface area (Å²) >= 11 is 1.47. The van der Waals surface area contributed by atoms with E-state index in [0.29, 0.717) is 30.5 Å². The van der Waals surface area contributed by atoms with Crippen molar-refractivity contribution in [2.75, 3.05) is 32.0 Å². The average molecular weight is 419 g/mol. The van der Waals surface area contributed by atoms with Gasteiger partial charge in [-0.25, -0.2) is 4.68 Å². The molecule has 1 aliphatic heterocycles. The standard InChI is InChI=1S/C20H30N6O2S/c1-25-20(22-23-24-25)29-14-9-19(27)21-10-6-13-28-18-8-5-7-17(15-18)16-26-11-3-2-4-12-26/h5,7-8,15H,2-4,6,9-14,16H2,1H3,(H,21,27). The summed E-state index contributed by atoms with van der Waals surface area (Å²) in [4.78, 5) is 14.4. The molecule has 2 aromatic rings. The third-order valence-electron chi connectivity index (χ3n) is 4.81. The summed E-state index contributed by atoms with van der Waals surface area (Å²) in [5.41, 5.74) is 1.30. The van der Waals surface area contributed by atoms with Crippen LogP contribution in [0, 0.1) is 0 Å². The van der Waals surface area contributed by atoms with Gasteiger partial charge in [0, 0.05) is 32.3 Å². The van der Waals surface area contributed by atoms with E-state index in [2.05, 4.69) is 43.9 Å². The van der Waals surface area contributed by atoms with Crippen molar-refractivity contribution in [3.8, 4) is 5.75 Å². The molecule has 0 saturated carbocycles. The van der Waals surface area contributed by atoms with Crippen LogP contribution in [0.2, 0.25) is 0 Å². The van der Waals surface area contributed by atoms with Gasteiger partial charge in [-0.2, -0.15) is 0 Å². The number of piperidine rings is 1. The first kappa shape index (κ1) is 21.6. The van der Waals surface area contributed by atoms with Crippen LogP contribution < -0.4 is 10.1 Å². The van der Waals surface area contributed by atoms with Gasteiger partial charge in [0.1, 0.15) is 5.75 Å². The minimum Gasteiger partial charge on any atom is -0.494 e. The topological polar surface area (TPSA) is 85.2 Å². The summed E-state index contributed by atoms with van der Waals surface area (Å²) in [7, 11) is 1.78. The van der Waals surface area contributed by atoms with Gasteiger partial charge < -0.3 is 10.1 Å². The number of hydrogen-bond donors (Lipinski definition) is 1. The number of amides is 1. The fourth-order valence-electron chi connectivity index (χ4n) is 3.27. The van der Waals surface area contributed by atoms with Crippen LogP contribution in [0.4, 0.5) is 0 Å². The molecule has 0 spiro atoms. The molecule has 1 aliphatic rings. The molecule has 1 fully saturated rings. The number of aryl methyl sites for hydroxylation is 1. The lowest BCUT2D eigenvalue weighted by Gasteiger charge is -2.26. The number of aromatic nitrogens is 4. The van der Waals surface area contributed by atoms with Gasteiger partial charge in [0.2, 0.25) is 11.1 Å². The molecular weight excluding hydrogens is 388 g/mol. The zero-order chi connectivity index (χ0) is 20.3. The van der Waals surface area contributed by atoms with Crippen LogP contribution in [0.3, 0.4) is 0 Å². The molecule has 0 unspecified atom stereocenters. The minimum absolute atomic E-state index is 0.0381. The number of ether oxygens (including phenoxy) is 1. The third-order valence-corrected chi connectivity index (χ3v) is 5.82. The maximum absolute atomic E-state index is 11.9. The van der Waals surface area contributed by atoms with E-state index in [0.717, 1.165) is 18.7 Å². The number of tetrazole rings is 1. The van der Waals surface area contributed by atoms with E-state index in [1.807, 2.05) is 6.07 Å². The van der Waals surface area contributed by atoms with Crippen LogP contribution >= 0.6 is 11.8 Å². The minimum atomic E-state index is 0.0381. The number of hydrogen-bond acceptors (Lipinski definition) is 7. The Morgan fingerprint density at radius 1 is 1.28 bits per heavy atom. The van der Waals surface area contributed by atoms with Gasteiger partial charge in [-0.3, -0.25) is 9.69 Å². The molecule has 1 aromatic carbocycles. The van der Waals surface area contributed by atoms with Crippen molar-refractivity contribution in [2.24, 2.45) is 7.05 Å². The molecule has 1 saturated heterocycles. The number of likely N-dealkylation sites (tertiary alicyclic amines) is 1. The highest BCUT2D eigenvalue weighted by atomic mass is 32.2. The van der Waals surface area contributed by atoms with Crippen LogP contribution in [0.25, 0.3) is 0 Å². The summed E-state index contributed by atoms with van der Waals surface area (Å²) in [5.74, 6) is 1.59. The van der Waals surface area contributed by atoms with Gasteiger partial charge in [-0.15, -0.1) is 5.10 Å². The monoisotopic (exact) mass is 418 g/mol. The normalized spacial score (nSPS) is 14.7. The number of nitrogens with one attached hydrogen (secondary N) is 1. The first-order chi connectivity index (χ1) is 14.2. The number of rotatable bonds is 11. The van der Waals surface area contributed by atoms with Crippen LogP contribution in [-0.4, -0.2) is 63.0 Å². The molecule has 1 aromatic heterocycles. The van der Waals surface area contributed by atoms with E-state index in [-0.39, 0.29) is 5.91 Å². The lowest BCUT2D eigenvalue weighted by atomic mass is 10.1. The molecule has 0 atom stereocenters. The highest BCUT2D eigenvalue weighted by Gasteiger charge is 2.10. The van der Waals surface area contributed by atoms with Gasteiger partial charge in [-0.05, 0) is 60.5 Å². The Kier molecular flexibility index (Phi) is 8.76. The number of benzene rings is 1. The molecule has 29 heavy (non-hydrogen) atoms.